The second-order valence-corrected chi connectivity index (χ2v) is 5.96. The lowest BCUT2D eigenvalue weighted by molar-refractivity contribution is 0.0573. The van der Waals surface area contributed by atoms with Crippen molar-refractivity contribution in [2.45, 2.75) is 38.8 Å². The van der Waals surface area contributed by atoms with Crippen molar-refractivity contribution in [1.29, 1.82) is 0 Å². The number of hydrogen-bond acceptors (Lipinski definition) is 4. The van der Waals surface area contributed by atoms with Crippen LogP contribution in [0.3, 0.4) is 0 Å². The Labute approximate surface area is 118 Å². The monoisotopic (exact) mass is 279 g/mol. The molecule has 19 heavy (non-hydrogen) atoms. The van der Waals surface area contributed by atoms with E-state index < -0.39 is 5.60 Å². The molecule has 2 atom stereocenters. The predicted molar refractivity (Wildman–Crippen MR) is 78.4 cm³/mol. The highest BCUT2D eigenvalue weighted by Gasteiger charge is 2.25. The molecule has 2 aromatic heterocycles. The van der Waals surface area contributed by atoms with Crippen molar-refractivity contribution in [2.24, 2.45) is 0 Å². The molecule has 0 aliphatic heterocycles. The van der Waals surface area contributed by atoms with Crippen molar-refractivity contribution in [1.82, 2.24) is 5.32 Å². The fraction of sp³-hybridized carbons (Fsp3) is 0.467. The quantitative estimate of drug-likeness (QED) is 0.851. The number of furan rings is 1. The van der Waals surface area contributed by atoms with E-state index >= 15 is 0 Å². The standard InChI is InChI=1S/C15H21NO2S/c1-4-12-7-8-13(18-12)11(2)16-10-15(3,17)14-6-5-9-19-14/h5-9,11,16-17H,4,10H2,1-3H3. The van der Waals surface area contributed by atoms with Crippen molar-refractivity contribution in [3.63, 3.8) is 0 Å². The van der Waals surface area contributed by atoms with Crippen molar-refractivity contribution in [3.8, 4) is 0 Å². The molecule has 0 aliphatic carbocycles. The molecule has 2 aromatic rings. The van der Waals surface area contributed by atoms with Crippen LogP contribution in [-0.2, 0) is 12.0 Å². The van der Waals surface area contributed by atoms with Gasteiger partial charge in [-0.3, -0.25) is 0 Å². The molecule has 3 nitrogen and oxygen atoms in total. The number of aliphatic hydroxyl groups is 1. The molecule has 0 bridgehead atoms. The normalized spacial score (nSPS) is 16.2. The van der Waals surface area contributed by atoms with E-state index in [1.165, 1.54) is 0 Å². The van der Waals surface area contributed by atoms with Gasteiger partial charge in [0.1, 0.15) is 17.1 Å². The summed E-state index contributed by atoms with van der Waals surface area (Å²) in [5.41, 5.74) is -0.845. The van der Waals surface area contributed by atoms with Crippen molar-refractivity contribution in [3.05, 3.63) is 46.0 Å². The molecule has 2 unspecified atom stereocenters. The number of hydrogen-bond donors (Lipinski definition) is 2. The van der Waals surface area contributed by atoms with Gasteiger partial charge in [0.05, 0.1) is 6.04 Å². The number of rotatable bonds is 6. The van der Waals surface area contributed by atoms with Gasteiger partial charge in [-0.25, -0.2) is 0 Å². The summed E-state index contributed by atoms with van der Waals surface area (Å²) >= 11 is 1.57. The highest BCUT2D eigenvalue weighted by atomic mass is 32.1. The SMILES string of the molecule is CCc1ccc(C(C)NCC(C)(O)c2cccs2)o1. The molecule has 104 valence electrons. The van der Waals surface area contributed by atoms with E-state index in [1.807, 2.05) is 43.5 Å². The van der Waals surface area contributed by atoms with Crippen molar-refractivity contribution >= 4 is 11.3 Å². The zero-order valence-corrected chi connectivity index (χ0v) is 12.5. The molecule has 0 fully saturated rings. The van der Waals surface area contributed by atoms with Gasteiger partial charge >= 0.3 is 0 Å². The molecule has 0 radical (unpaired) electrons. The van der Waals surface area contributed by atoms with Gasteiger partial charge in [-0.15, -0.1) is 11.3 Å². The smallest absolute Gasteiger partial charge is 0.120 e. The maximum absolute atomic E-state index is 10.4. The van der Waals surface area contributed by atoms with E-state index in [-0.39, 0.29) is 6.04 Å². The molecular weight excluding hydrogens is 258 g/mol. The highest BCUT2D eigenvalue weighted by Crippen LogP contribution is 2.25. The zero-order chi connectivity index (χ0) is 13.9. The van der Waals surface area contributed by atoms with Crippen LogP contribution in [0.15, 0.2) is 34.1 Å². The summed E-state index contributed by atoms with van der Waals surface area (Å²) in [6, 6.07) is 8.00. The molecule has 0 amide bonds. The second kappa shape index (κ2) is 5.90. The van der Waals surface area contributed by atoms with Gasteiger partial charge in [0, 0.05) is 17.8 Å². The van der Waals surface area contributed by atoms with Gasteiger partial charge in [-0.2, -0.15) is 0 Å². The third-order valence-electron chi connectivity index (χ3n) is 3.26. The Bertz CT molecular complexity index is 502. The Morgan fingerprint density at radius 2 is 2.21 bits per heavy atom. The molecule has 0 aliphatic rings. The van der Waals surface area contributed by atoms with Crippen LogP contribution in [0.25, 0.3) is 0 Å². The Hall–Kier alpha value is -1.10. The fourth-order valence-electron chi connectivity index (χ4n) is 1.94. The minimum Gasteiger partial charge on any atom is -0.464 e. The first-order chi connectivity index (χ1) is 9.03. The molecule has 2 heterocycles. The molecule has 0 spiro atoms. The Balaban J connectivity index is 1.94. The van der Waals surface area contributed by atoms with E-state index in [9.17, 15) is 5.11 Å². The van der Waals surface area contributed by atoms with Crippen LogP contribution in [0.2, 0.25) is 0 Å². The van der Waals surface area contributed by atoms with Gasteiger partial charge in [-0.1, -0.05) is 13.0 Å². The number of aryl methyl sites for hydroxylation is 1. The van der Waals surface area contributed by atoms with Crippen LogP contribution < -0.4 is 5.32 Å². The summed E-state index contributed by atoms with van der Waals surface area (Å²) in [4.78, 5) is 0.973. The van der Waals surface area contributed by atoms with E-state index in [0.29, 0.717) is 6.54 Å². The molecule has 0 saturated carbocycles. The lowest BCUT2D eigenvalue weighted by Gasteiger charge is -2.24. The fourth-order valence-corrected chi connectivity index (χ4v) is 2.73. The summed E-state index contributed by atoms with van der Waals surface area (Å²) in [7, 11) is 0. The Morgan fingerprint density at radius 3 is 2.79 bits per heavy atom. The topological polar surface area (TPSA) is 45.4 Å². The van der Waals surface area contributed by atoms with E-state index in [0.717, 1.165) is 22.8 Å². The third-order valence-corrected chi connectivity index (χ3v) is 4.39. The maximum atomic E-state index is 10.4. The van der Waals surface area contributed by atoms with Crippen LogP contribution in [0.5, 0.6) is 0 Å². The van der Waals surface area contributed by atoms with E-state index in [2.05, 4.69) is 12.2 Å². The second-order valence-electron chi connectivity index (χ2n) is 5.01. The third kappa shape index (κ3) is 3.47. The predicted octanol–water partition coefficient (Wildman–Crippen LogP) is 3.46. The van der Waals surface area contributed by atoms with Crippen LogP contribution in [-0.4, -0.2) is 11.7 Å². The summed E-state index contributed by atoms with van der Waals surface area (Å²) < 4.78 is 5.71. The first-order valence-electron chi connectivity index (χ1n) is 6.61. The van der Waals surface area contributed by atoms with Gasteiger partial charge < -0.3 is 14.8 Å². The first-order valence-corrected chi connectivity index (χ1v) is 7.49. The zero-order valence-electron chi connectivity index (χ0n) is 11.6. The minimum atomic E-state index is -0.845. The molecule has 0 saturated heterocycles. The van der Waals surface area contributed by atoms with Gasteiger partial charge in [-0.05, 0) is 37.4 Å². The minimum absolute atomic E-state index is 0.0896. The lowest BCUT2D eigenvalue weighted by Crippen LogP contribution is -2.35. The van der Waals surface area contributed by atoms with Crippen LogP contribution in [0, 0.1) is 0 Å². The number of thiophene rings is 1. The summed E-state index contributed by atoms with van der Waals surface area (Å²) in [6.07, 6.45) is 0.902. The molecule has 2 rings (SSSR count). The summed E-state index contributed by atoms with van der Waals surface area (Å²) in [6.45, 7) is 6.44. The Morgan fingerprint density at radius 1 is 1.42 bits per heavy atom. The largest absolute Gasteiger partial charge is 0.464 e. The molecule has 4 heteroatoms. The van der Waals surface area contributed by atoms with Crippen molar-refractivity contribution < 1.29 is 9.52 Å². The lowest BCUT2D eigenvalue weighted by atomic mass is 10.0. The molecule has 0 aromatic carbocycles. The van der Waals surface area contributed by atoms with Gasteiger partial charge in [0.25, 0.3) is 0 Å². The van der Waals surface area contributed by atoms with Crippen LogP contribution in [0.1, 0.15) is 43.2 Å². The van der Waals surface area contributed by atoms with E-state index in [1.54, 1.807) is 11.3 Å². The average molecular weight is 279 g/mol. The molecule has 2 N–H and O–H groups in total. The maximum Gasteiger partial charge on any atom is 0.120 e. The Kier molecular flexibility index (Phi) is 4.45. The van der Waals surface area contributed by atoms with Gasteiger partial charge in [0.2, 0.25) is 0 Å². The summed E-state index contributed by atoms with van der Waals surface area (Å²) in [5.74, 6) is 1.91. The van der Waals surface area contributed by atoms with Crippen molar-refractivity contribution in [2.75, 3.05) is 6.54 Å². The van der Waals surface area contributed by atoms with Crippen LogP contribution >= 0.6 is 11.3 Å². The van der Waals surface area contributed by atoms with Crippen LogP contribution in [0.4, 0.5) is 0 Å². The van der Waals surface area contributed by atoms with Gasteiger partial charge in [0.15, 0.2) is 0 Å². The van der Waals surface area contributed by atoms with E-state index in [4.69, 9.17) is 4.42 Å². The number of nitrogens with one attached hydrogen (secondary N) is 1. The average Bonchev–Trinajstić information content (AvgIpc) is 3.06. The molecular formula is C15H21NO2S. The summed E-state index contributed by atoms with van der Waals surface area (Å²) in [5, 5.41) is 15.7. The highest BCUT2D eigenvalue weighted by molar-refractivity contribution is 7.10. The first kappa shape index (κ1) is 14.3.